The second-order valence-corrected chi connectivity index (χ2v) is 3.97. The second-order valence-electron chi connectivity index (χ2n) is 3.97. The maximum atomic E-state index is 11.1. The highest BCUT2D eigenvalue weighted by Crippen LogP contribution is 2.20. The Morgan fingerprint density at radius 2 is 2.28 bits per heavy atom. The smallest absolute Gasteiger partial charge is 0.248 e. The fourth-order valence-corrected chi connectivity index (χ4v) is 1.60. The predicted octanol–water partition coefficient (Wildman–Crippen LogP) is 0.713. The zero-order chi connectivity index (χ0) is 13.1. The van der Waals surface area contributed by atoms with Crippen molar-refractivity contribution in [2.24, 2.45) is 12.8 Å². The first-order chi connectivity index (χ1) is 8.58. The van der Waals surface area contributed by atoms with Crippen molar-refractivity contribution < 1.29 is 4.79 Å². The van der Waals surface area contributed by atoms with Crippen molar-refractivity contribution in [3.8, 4) is 0 Å². The first-order valence-electron chi connectivity index (χ1n) is 5.47. The van der Waals surface area contributed by atoms with Gasteiger partial charge in [0.05, 0.1) is 17.9 Å². The quantitative estimate of drug-likeness (QED) is 0.691. The van der Waals surface area contributed by atoms with Gasteiger partial charge in [-0.05, 0) is 18.2 Å². The number of amides is 1. The molecule has 1 aromatic heterocycles. The topological polar surface area (TPSA) is 99.0 Å². The summed E-state index contributed by atoms with van der Waals surface area (Å²) >= 11 is 0. The van der Waals surface area contributed by atoms with Crippen LogP contribution in [-0.4, -0.2) is 15.5 Å². The Morgan fingerprint density at radius 1 is 1.50 bits per heavy atom. The Labute approximate surface area is 105 Å². The lowest BCUT2D eigenvalue weighted by atomic mass is 10.1. The number of rotatable bonds is 4. The van der Waals surface area contributed by atoms with Crippen LogP contribution in [-0.2, 0) is 13.6 Å². The van der Waals surface area contributed by atoms with E-state index in [9.17, 15) is 4.79 Å². The molecule has 0 saturated carbocycles. The highest BCUT2D eigenvalue weighted by Gasteiger charge is 2.06. The van der Waals surface area contributed by atoms with Gasteiger partial charge in [-0.3, -0.25) is 4.79 Å². The second kappa shape index (κ2) is 4.79. The minimum absolute atomic E-state index is 0.423. The van der Waals surface area contributed by atoms with Gasteiger partial charge in [-0.1, -0.05) is 0 Å². The number of nitrogens with zero attached hydrogens (tertiary/aromatic N) is 2. The molecule has 94 valence electrons. The summed E-state index contributed by atoms with van der Waals surface area (Å²) in [5.74, 6) is 0.397. The molecule has 1 heterocycles. The summed E-state index contributed by atoms with van der Waals surface area (Å²) in [6.07, 6.45) is 3.58. The molecule has 0 aliphatic rings. The van der Waals surface area contributed by atoms with Crippen molar-refractivity contribution in [2.75, 3.05) is 11.1 Å². The standard InChI is InChI=1S/C12H15N5O/c1-17-5-4-15-11(17)7-16-10-6-8(12(14)18)2-3-9(10)13/h2-6,16H,7,13H2,1H3,(H2,14,18). The van der Waals surface area contributed by atoms with Crippen LogP contribution in [0.1, 0.15) is 16.2 Å². The van der Waals surface area contributed by atoms with E-state index < -0.39 is 5.91 Å². The fraction of sp³-hybridized carbons (Fsp3) is 0.167. The van der Waals surface area contributed by atoms with E-state index in [1.165, 1.54) is 0 Å². The molecule has 2 rings (SSSR count). The first-order valence-corrected chi connectivity index (χ1v) is 5.47. The van der Waals surface area contributed by atoms with E-state index in [0.717, 1.165) is 5.82 Å². The summed E-state index contributed by atoms with van der Waals surface area (Å²) in [4.78, 5) is 15.3. The molecule has 0 radical (unpaired) electrons. The van der Waals surface area contributed by atoms with Crippen molar-refractivity contribution in [1.82, 2.24) is 9.55 Å². The number of anilines is 2. The van der Waals surface area contributed by atoms with Gasteiger partial charge in [0.15, 0.2) is 0 Å². The van der Waals surface area contributed by atoms with Gasteiger partial charge in [-0.15, -0.1) is 0 Å². The number of aromatic nitrogens is 2. The average molecular weight is 245 g/mol. The number of imidazole rings is 1. The summed E-state index contributed by atoms with van der Waals surface area (Å²) in [5, 5.41) is 3.14. The van der Waals surface area contributed by atoms with Crippen LogP contribution in [0.4, 0.5) is 11.4 Å². The zero-order valence-corrected chi connectivity index (χ0v) is 10.1. The molecule has 0 spiro atoms. The highest BCUT2D eigenvalue weighted by atomic mass is 16.1. The van der Waals surface area contributed by atoms with E-state index in [4.69, 9.17) is 11.5 Å². The lowest BCUT2D eigenvalue weighted by Gasteiger charge is -2.10. The van der Waals surface area contributed by atoms with E-state index in [2.05, 4.69) is 10.3 Å². The van der Waals surface area contributed by atoms with Gasteiger partial charge < -0.3 is 21.4 Å². The number of nitrogen functional groups attached to an aromatic ring is 1. The van der Waals surface area contributed by atoms with Gasteiger partial charge in [0.1, 0.15) is 5.82 Å². The summed E-state index contributed by atoms with van der Waals surface area (Å²) < 4.78 is 1.90. The van der Waals surface area contributed by atoms with E-state index >= 15 is 0 Å². The number of hydrogen-bond donors (Lipinski definition) is 3. The molecule has 5 N–H and O–H groups in total. The highest BCUT2D eigenvalue weighted by molar-refractivity contribution is 5.94. The van der Waals surface area contributed by atoms with Gasteiger partial charge in [0.2, 0.25) is 5.91 Å². The molecule has 0 atom stereocenters. The Hall–Kier alpha value is -2.50. The van der Waals surface area contributed by atoms with Gasteiger partial charge in [-0.25, -0.2) is 4.98 Å². The number of nitrogens with one attached hydrogen (secondary N) is 1. The average Bonchev–Trinajstić information content (AvgIpc) is 2.73. The van der Waals surface area contributed by atoms with Crippen LogP contribution in [0.25, 0.3) is 0 Å². The molecule has 0 aliphatic heterocycles. The monoisotopic (exact) mass is 245 g/mol. The summed E-state index contributed by atoms with van der Waals surface area (Å²) in [7, 11) is 1.91. The van der Waals surface area contributed by atoms with Crippen molar-refractivity contribution >= 4 is 17.3 Å². The van der Waals surface area contributed by atoms with E-state index in [1.54, 1.807) is 24.4 Å². The largest absolute Gasteiger partial charge is 0.397 e. The molecule has 0 aliphatic carbocycles. The van der Waals surface area contributed by atoms with Crippen LogP contribution in [0.5, 0.6) is 0 Å². The minimum atomic E-state index is -0.477. The Bertz CT molecular complexity index is 576. The molecule has 2 aromatic rings. The normalized spacial score (nSPS) is 10.3. The first kappa shape index (κ1) is 12.0. The number of benzene rings is 1. The summed E-state index contributed by atoms with van der Waals surface area (Å²) in [6, 6.07) is 4.89. The maximum absolute atomic E-state index is 11.1. The van der Waals surface area contributed by atoms with Crippen LogP contribution in [0.3, 0.4) is 0 Å². The number of hydrogen-bond acceptors (Lipinski definition) is 4. The molecular weight excluding hydrogens is 230 g/mol. The van der Waals surface area contributed by atoms with E-state index in [-0.39, 0.29) is 0 Å². The Balaban J connectivity index is 2.16. The predicted molar refractivity (Wildman–Crippen MR) is 69.9 cm³/mol. The third-order valence-corrected chi connectivity index (χ3v) is 2.70. The van der Waals surface area contributed by atoms with Gasteiger partial charge in [-0.2, -0.15) is 0 Å². The van der Waals surface area contributed by atoms with Crippen molar-refractivity contribution in [1.29, 1.82) is 0 Å². The van der Waals surface area contributed by atoms with E-state index in [1.807, 2.05) is 17.8 Å². The van der Waals surface area contributed by atoms with Gasteiger partial charge >= 0.3 is 0 Å². The minimum Gasteiger partial charge on any atom is -0.397 e. The van der Waals surface area contributed by atoms with Crippen molar-refractivity contribution in [2.45, 2.75) is 6.54 Å². The molecule has 6 nitrogen and oxygen atoms in total. The Kier molecular flexibility index (Phi) is 3.18. The lowest BCUT2D eigenvalue weighted by Crippen LogP contribution is -2.12. The summed E-state index contributed by atoms with van der Waals surface area (Å²) in [5.41, 5.74) is 12.7. The lowest BCUT2D eigenvalue weighted by molar-refractivity contribution is 0.100. The maximum Gasteiger partial charge on any atom is 0.248 e. The third kappa shape index (κ3) is 2.42. The molecular formula is C12H15N5O. The fourth-order valence-electron chi connectivity index (χ4n) is 1.60. The Morgan fingerprint density at radius 3 is 2.89 bits per heavy atom. The van der Waals surface area contributed by atoms with Crippen LogP contribution in [0, 0.1) is 0 Å². The van der Waals surface area contributed by atoms with Crippen molar-refractivity contribution in [3.63, 3.8) is 0 Å². The molecule has 0 fully saturated rings. The van der Waals surface area contributed by atoms with Crippen LogP contribution in [0.2, 0.25) is 0 Å². The molecule has 0 unspecified atom stereocenters. The molecule has 0 saturated heterocycles. The summed E-state index contributed by atoms with van der Waals surface area (Å²) in [6.45, 7) is 0.524. The van der Waals surface area contributed by atoms with Crippen molar-refractivity contribution in [3.05, 3.63) is 42.0 Å². The SMILES string of the molecule is Cn1ccnc1CNc1cc(C(N)=O)ccc1N. The zero-order valence-electron chi connectivity index (χ0n) is 10.1. The third-order valence-electron chi connectivity index (χ3n) is 2.70. The number of nitrogens with two attached hydrogens (primary N) is 2. The van der Waals surface area contributed by atoms with Gasteiger partial charge in [0.25, 0.3) is 0 Å². The molecule has 1 aromatic carbocycles. The number of aryl methyl sites for hydroxylation is 1. The van der Waals surface area contributed by atoms with E-state index in [0.29, 0.717) is 23.5 Å². The molecule has 18 heavy (non-hydrogen) atoms. The molecule has 0 bridgehead atoms. The molecule has 1 amide bonds. The van der Waals surface area contributed by atoms with Crippen LogP contribution >= 0.6 is 0 Å². The van der Waals surface area contributed by atoms with Crippen LogP contribution in [0.15, 0.2) is 30.6 Å². The molecule has 6 heteroatoms. The van der Waals surface area contributed by atoms with Crippen LogP contribution < -0.4 is 16.8 Å². The number of carbonyl (C=O) groups excluding carboxylic acids is 1. The number of carbonyl (C=O) groups is 1. The van der Waals surface area contributed by atoms with Gasteiger partial charge in [0, 0.05) is 25.0 Å². The number of primary amides is 1.